The van der Waals surface area contributed by atoms with Crippen LogP contribution in [0.1, 0.15) is 31.4 Å². The molecule has 2 fully saturated rings. The van der Waals surface area contributed by atoms with E-state index in [-0.39, 0.29) is 0 Å². The molecule has 3 rings (SSSR count). The van der Waals surface area contributed by atoms with E-state index in [1.807, 2.05) is 13.0 Å². The molecular formula is C16H28N6O. The van der Waals surface area contributed by atoms with Gasteiger partial charge in [-0.3, -0.25) is 10.9 Å². The molecule has 0 aliphatic carbocycles. The maximum atomic E-state index is 5.19. The molecule has 0 aromatic carbocycles. The molecule has 2 aliphatic rings. The van der Waals surface area contributed by atoms with Crippen molar-refractivity contribution in [3.8, 4) is 0 Å². The lowest BCUT2D eigenvalue weighted by atomic mass is 10.1. The Hall–Kier alpha value is -1.44. The lowest BCUT2D eigenvalue weighted by molar-refractivity contribution is 0.171. The number of hydrazine groups is 1. The standard InChI is InChI=1S/C16H28N6O/c1-12-8-15(17-10-13-9-14(11-23-2)21-20-13)19-16(18-12)22-6-4-3-5-7-22/h8,13-14,20-21H,3-7,9-11H2,1-2H3,(H,17,18,19). The molecule has 0 spiro atoms. The molecule has 7 nitrogen and oxygen atoms in total. The number of ether oxygens (including phenoxy) is 1. The number of hydrogen-bond donors (Lipinski definition) is 3. The summed E-state index contributed by atoms with van der Waals surface area (Å²) in [4.78, 5) is 11.6. The second-order valence-electron chi connectivity index (χ2n) is 6.50. The number of methoxy groups -OCH3 is 1. The number of piperidine rings is 1. The van der Waals surface area contributed by atoms with Crippen LogP contribution in [0.2, 0.25) is 0 Å². The van der Waals surface area contributed by atoms with E-state index in [4.69, 9.17) is 9.72 Å². The fourth-order valence-corrected chi connectivity index (χ4v) is 3.25. The van der Waals surface area contributed by atoms with Crippen LogP contribution < -0.4 is 21.1 Å². The molecule has 0 amide bonds. The van der Waals surface area contributed by atoms with Crippen molar-refractivity contribution >= 4 is 11.8 Å². The van der Waals surface area contributed by atoms with Gasteiger partial charge in [-0.1, -0.05) is 0 Å². The van der Waals surface area contributed by atoms with Gasteiger partial charge in [-0.25, -0.2) is 4.98 Å². The molecule has 128 valence electrons. The van der Waals surface area contributed by atoms with E-state index in [0.29, 0.717) is 12.1 Å². The molecule has 2 saturated heterocycles. The molecule has 7 heteroatoms. The molecule has 3 N–H and O–H groups in total. The average Bonchev–Trinajstić information content (AvgIpc) is 3.01. The topological polar surface area (TPSA) is 74.3 Å². The normalized spacial score (nSPS) is 24.9. The van der Waals surface area contributed by atoms with Crippen LogP contribution in [-0.2, 0) is 4.74 Å². The quantitative estimate of drug-likeness (QED) is 0.724. The van der Waals surface area contributed by atoms with Crippen LogP contribution in [0, 0.1) is 6.92 Å². The highest BCUT2D eigenvalue weighted by molar-refractivity contribution is 5.44. The Morgan fingerprint density at radius 2 is 2.00 bits per heavy atom. The van der Waals surface area contributed by atoms with Gasteiger partial charge in [-0.2, -0.15) is 4.98 Å². The number of nitrogens with zero attached hydrogens (tertiary/aromatic N) is 3. The Labute approximate surface area is 138 Å². The van der Waals surface area contributed by atoms with Crippen molar-refractivity contribution in [1.82, 2.24) is 20.8 Å². The predicted molar refractivity (Wildman–Crippen MR) is 91.7 cm³/mol. The highest BCUT2D eigenvalue weighted by Crippen LogP contribution is 2.18. The summed E-state index contributed by atoms with van der Waals surface area (Å²) < 4.78 is 5.19. The van der Waals surface area contributed by atoms with Crippen molar-refractivity contribution in [2.75, 3.05) is 43.6 Å². The predicted octanol–water partition coefficient (Wildman–Crippen LogP) is 1.07. The number of rotatable bonds is 6. The van der Waals surface area contributed by atoms with Gasteiger partial charge < -0.3 is 15.0 Å². The van der Waals surface area contributed by atoms with Gasteiger partial charge in [0.1, 0.15) is 5.82 Å². The molecule has 0 bridgehead atoms. The van der Waals surface area contributed by atoms with E-state index in [2.05, 4.69) is 26.1 Å². The highest BCUT2D eigenvalue weighted by Gasteiger charge is 2.23. The smallest absolute Gasteiger partial charge is 0.227 e. The van der Waals surface area contributed by atoms with E-state index >= 15 is 0 Å². The van der Waals surface area contributed by atoms with Gasteiger partial charge >= 0.3 is 0 Å². The van der Waals surface area contributed by atoms with Crippen molar-refractivity contribution in [1.29, 1.82) is 0 Å². The Balaban J connectivity index is 1.56. The maximum absolute atomic E-state index is 5.19. The fraction of sp³-hybridized carbons (Fsp3) is 0.750. The Morgan fingerprint density at radius 1 is 1.22 bits per heavy atom. The minimum Gasteiger partial charge on any atom is -0.383 e. The first-order valence-corrected chi connectivity index (χ1v) is 8.59. The number of anilines is 2. The minimum atomic E-state index is 0.378. The summed E-state index contributed by atoms with van der Waals surface area (Å²) in [5.41, 5.74) is 7.58. The summed E-state index contributed by atoms with van der Waals surface area (Å²) in [6, 6.07) is 2.77. The second kappa shape index (κ2) is 7.90. The minimum absolute atomic E-state index is 0.378. The first-order valence-electron chi connectivity index (χ1n) is 8.59. The van der Waals surface area contributed by atoms with Gasteiger partial charge in [0.05, 0.1) is 6.61 Å². The average molecular weight is 320 g/mol. The molecule has 2 atom stereocenters. The zero-order chi connectivity index (χ0) is 16.1. The summed E-state index contributed by atoms with van der Waals surface area (Å²) in [6.45, 7) is 5.73. The van der Waals surface area contributed by atoms with Gasteiger partial charge in [0.15, 0.2) is 0 Å². The van der Waals surface area contributed by atoms with Gasteiger partial charge in [-0.15, -0.1) is 0 Å². The van der Waals surface area contributed by atoms with Crippen LogP contribution >= 0.6 is 0 Å². The maximum Gasteiger partial charge on any atom is 0.227 e. The van der Waals surface area contributed by atoms with Crippen LogP contribution in [-0.4, -0.2) is 55.4 Å². The lowest BCUT2D eigenvalue weighted by Gasteiger charge is -2.27. The largest absolute Gasteiger partial charge is 0.383 e. The van der Waals surface area contributed by atoms with E-state index in [0.717, 1.165) is 50.1 Å². The summed E-state index contributed by atoms with van der Waals surface area (Å²) in [5, 5.41) is 3.45. The molecule has 1 aromatic rings. The van der Waals surface area contributed by atoms with Crippen LogP contribution in [0.25, 0.3) is 0 Å². The van der Waals surface area contributed by atoms with Crippen molar-refractivity contribution in [3.05, 3.63) is 11.8 Å². The second-order valence-corrected chi connectivity index (χ2v) is 6.50. The molecule has 23 heavy (non-hydrogen) atoms. The summed E-state index contributed by atoms with van der Waals surface area (Å²) in [7, 11) is 1.74. The third kappa shape index (κ3) is 4.53. The van der Waals surface area contributed by atoms with Crippen molar-refractivity contribution in [3.63, 3.8) is 0 Å². The Kier molecular flexibility index (Phi) is 5.64. The summed E-state index contributed by atoms with van der Waals surface area (Å²) in [5.74, 6) is 1.78. The van der Waals surface area contributed by atoms with Gasteiger partial charge in [0, 0.05) is 50.6 Å². The van der Waals surface area contributed by atoms with Crippen molar-refractivity contribution in [2.24, 2.45) is 0 Å². The molecule has 2 aliphatic heterocycles. The lowest BCUT2D eigenvalue weighted by Crippen LogP contribution is -2.37. The summed E-state index contributed by atoms with van der Waals surface area (Å²) >= 11 is 0. The molecule has 0 saturated carbocycles. The van der Waals surface area contributed by atoms with E-state index in [1.165, 1.54) is 19.3 Å². The fourth-order valence-electron chi connectivity index (χ4n) is 3.25. The first-order chi connectivity index (χ1) is 11.2. The van der Waals surface area contributed by atoms with Crippen LogP contribution in [0.3, 0.4) is 0 Å². The Morgan fingerprint density at radius 3 is 2.78 bits per heavy atom. The molecule has 0 radical (unpaired) electrons. The number of nitrogens with one attached hydrogen (secondary N) is 3. The van der Waals surface area contributed by atoms with Gasteiger partial charge in [0.2, 0.25) is 5.95 Å². The van der Waals surface area contributed by atoms with Crippen molar-refractivity contribution in [2.45, 2.75) is 44.7 Å². The zero-order valence-corrected chi connectivity index (χ0v) is 14.1. The third-order valence-corrected chi connectivity index (χ3v) is 4.44. The van der Waals surface area contributed by atoms with Crippen LogP contribution in [0.4, 0.5) is 11.8 Å². The van der Waals surface area contributed by atoms with E-state index < -0.39 is 0 Å². The van der Waals surface area contributed by atoms with E-state index in [1.54, 1.807) is 7.11 Å². The SMILES string of the molecule is COCC1CC(CNc2cc(C)nc(N3CCCCC3)n2)NN1. The number of aryl methyl sites for hydroxylation is 1. The number of aromatic nitrogens is 2. The number of hydrogen-bond acceptors (Lipinski definition) is 7. The third-order valence-electron chi connectivity index (χ3n) is 4.44. The van der Waals surface area contributed by atoms with Crippen LogP contribution in [0.15, 0.2) is 6.07 Å². The van der Waals surface area contributed by atoms with Crippen molar-refractivity contribution < 1.29 is 4.74 Å². The molecule has 1 aromatic heterocycles. The molecule has 3 heterocycles. The monoisotopic (exact) mass is 320 g/mol. The van der Waals surface area contributed by atoms with E-state index in [9.17, 15) is 0 Å². The molecular weight excluding hydrogens is 292 g/mol. The summed E-state index contributed by atoms with van der Waals surface area (Å²) in [6.07, 6.45) is 4.83. The first kappa shape index (κ1) is 16.4. The van der Waals surface area contributed by atoms with Gasteiger partial charge in [0.25, 0.3) is 0 Å². The Bertz CT molecular complexity index is 505. The zero-order valence-electron chi connectivity index (χ0n) is 14.1. The highest BCUT2D eigenvalue weighted by atomic mass is 16.5. The van der Waals surface area contributed by atoms with Gasteiger partial charge in [-0.05, 0) is 32.6 Å². The van der Waals surface area contributed by atoms with Crippen LogP contribution in [0.5, 0.6) is 0 Å². The molecule has 2 unspecified atom stereocenters.